The lowest BCUT2D eigenvalue weighted by atomic mass is 10.1. The van der Waals surface area contributed by atoms with E-state index in [9.17, 15) is 4.79 Å². The molecule has 1 aromatic carbocycles. The van der Waals surface area contributed by atoms with Crippen molar-refractivity contribution in [3.63, 3.8) is 0 Å². The van der Waals surface area contributed by atoms with Crippen molar-refractivity contribution in [3.8, 4) is 0 Å². The van der Waals surface area contributed by atoms with Crippen LogP contribution in [0.2, 0.25) is 5.02 Å². The molecule has 0 aliphatic carbocycles. The largest absolute Gasteiger partial charge is 0.397 e. The molecule has 1 heterocycles. The monoisotopic (exact) mass is 343 g/mol. The highest BCUT2D eigenvalue weighted by molar-refractivity contribution is 8.00. The Morgan fingerprint density at radius 1 is 1.36 bits per heavy atom. The van der Waals surface area contributed by atoms with Crippen LogP contribution in [0.1, 0.15) is 26.7 Å². The minimum Gasteiger partial charge on any atom is -0.397 e. The van der Waals surface area contributed by atoms with Crippen molar-refractivity contribution < 1.29 is 4.79 Å². The fourth-order valence-corrected chi connectivity index (χ4v) is 3.76. The molecule has 1 amide bonds. The van der Waals surface area contributed by atoms with E-state index in [-0.39, 0.29) is 0 Å². The number of rotatable bonds is 4. The number of halogens is 1. The number of piperidine rings is 1. The molecule has 2 N–H and O–H groups in total. The Balaban J connectivity index is 0.00000116. The Hall–Kier alpha value is -0.910. The Morgan fingerprint density at radius 3 is 2.50 bits per heavy atom. The third-order valence-electron chi connectivity index (χ3n) is 3.58. The van der Waals surface area contributed by atoms with E-state index < -0.39 is 0 Å². The average molecular weight is 344 g/mol. The molecule has 1 aliphatic rings. The summed E-state index contributed by atoms with van der Waals surface area (Å²) in [6.45, 7) is 6.23. The molecule has 0 spiro atoms. The van der Waals surface area contributed by atoms with Crippen LogP contribution in [0.15, 0.2) is 17.0 Å². The molecule has 6 heteroatoms. The summed E-state index contributed by atoms with van der Waals surface area (Å²) in [6.07, 6.45) is 3.06. The van der Waals surface area contributed by atoms with Gasteiger partial charge in [0.25, 0.3) is 0 Å². The lowest BCUT2D eigenvalue weighted by Crippen LogP contribution is -2.31. The van der Waals surface area contributed by atoms with Crippen LogP contribution in [0.25, 0.3) is 0 Å². The Labute approximate surface area is 143 Å². The van der Waals surface area contributed by atoms with Crippen molar-refractivity contribution in [1.82, 2.24) is 4.90 Å². The van der Waals surface area contributed by atoms with Crippen LogP contribution in [-0.2, 0) is 4.79 Å². The van der Waals surface area contributed by atoms with E-state index in [4.69, 9.17) is 17.3 Å². The van der Waals surface area contributed by atoms with Crippen LogP contribution in [0, 0.1) is 0 Å². The first-order valence-electron chi connectivity index (χ1n) is 7.63. The van der Waals surface area contributed by atoms with E-state index in [2.05, 4.69) is 11.9 Å². The molecule has 1 aromatic rings. The standard InChI is InChI=1S/C14H20ClN3OS.C2H6/c1-17-5-3-10(4-6-17)20-14-8-13(18(2)9-19)12(16)7-11(14)15;1-2/h7-10H,3-6,16H2,1-2H3;1-2H3. The lowest BCUT2D eigenvalue weighted by molar-refractivity contribution is -0.107. The van der Waals surface area contributed by atoms with Gasteiger partial charge in [0.05, 0.1) is 16.4 Å². The first kappa shape index (κ1) is 19.1. The first-order valence-corrected chi connectivity index (χ1v) is 8.89. The van der Waals surface area contributed by atoms with Crippen molar-refractivity contribution >= 4 is 41.1 Å². The Bertz CT molecular complexity index is 491. The number of benzene rings is 1. The minimum absolute atomic E-state index is 0.525. The fourth-order valence-electron chi connectivity index (χ4n) is 2.29. The van der Waals surface area contributed by atoms with Gasteiger partial charge < -0.3 is 15.5 Å². The number of anilines is 2. The van der Waals surface area contributed by atoms with Gasteiger partial charge in [-0.15, -0.1) is 11.8 Å². The number of hydrogen-bond donors (Lipinski definition) is 1. The molecule has 1 saturated heterocycles. The second kappa shape index (κ2) is 9.28. The first-order chi connectivity index (χ1) is 10.5. The van der Waals surface area contributed by atoms with Gasteiger partial charge in [0.2, 0.25) is 6.41 Å². The summed E-state index contributed by atoms with van der Waals surface area (Å²) in [5.74, 6) is 0. The highest BCUT2D eigenvalue weighted by Crippen LogP contribution is 2.39. The number of likely N-dealkylation sites (tertiary alicyclic amines) is 1. The number of nitrogen functional groups attached to an aromatic ring is 1. The van der Waals surface area contributed by atoms with Crippen molar-refractivity contribution in [2.24, 2.45) is 0 Å². The zero-order valence-electron chi connectivity index (χ0n) is 13.8. The molecule has 22 heavy (non-hydrogen) atoms. The van der Waals surface area contributed by atoms with Crippen LogP contribution < -0.4 is 10.6 Å². The second-order valence-electron chi connectivity index (χ2n) is 5.18. The summed E-state index contributed by atoms with van der Waals surface area (Å²) in [4.78, 5) is 15.7. The topological polar surface area (TPSA) is 49.6 Å². The average Bonchev–Trinajstić information content (AvgIpc) is 2.53. The molecule has 0 radical (unpaired) electrons. The van der Waals surface area contributed by atoms with Gasteiger partial charge in [-0.1, -0.05) is 25.4 Å². The summed E-state index contributed by atoms with van der Waals surface area (Å²) in [5.41, 5.74) is 7.15. The van der Waals surface area contributed by atoms with Gasteiger partial charge in [-0.2, -0.15) is 0 Å². The molecule has 0 aromatic heterocycles. The SMILES string of the molecule is CC.CN1CCC(Sc2cc(N(C)C=O)c(N)cc2Cl)CC1. The quantitative estimate of drug-likeness (QED) is 0.668. The molecule has 1 fully saturated rings. The van der Waals surface area contributed by atoms with Crippen LogP contribution in [-0.4, -0.2) is 43.7 Å². The third-order valence-corrected chi connectivity index (χ3v) is 5.40. The van der Waals surface area contributed by atoms with Gasteiger partial charge in [0.1, 0.15) is 0 Å². The van der Waals surface area contributed by atoms with Crippen LogP contribution in [0.3, 0.4) is 0 Å². The number of hydrogen-bond acceptors (Lipinski definition) is 4. The molecule has 2 rings (SSSR count). The van der Waals surface area contributed by atoms with Crippen LogP contribution in [0.4, 0.5) is 11.4 Å². The fraction of sp³-hybridized carbons (Fsp3) is 0.562. The van der Waals surface area contributed by atoms with Crippen LogP contribution >= 0.6 is 23.4 Å². The maximum Gasteiger partial charge on any atom is 0.213 e. The number of carbonyl (C=O) groups is 1. The molecule has 124 valence electrons. The van der Waals surface area contributed by atoms with E-state index in [0.29, 0.717) is 21.6 Å². The summed E-state index contributed by atoms with van der Waals surface area (Å²) in [5, 5.41) is 1.23. The molecule has 0 unspecified atom stereocenters. The maximum atomic E-state index is 10.9. The molecule has 0 atom stereocenters. The number of thioether (sulfide) groups is 1. The van der Waals surface area contributed by atoms with E-state index in [1.807, 2.05) is 19.9 Å². The Kier molecular flexibility index (Phi) is 8.07. The zero-order valence-corrected chi connectivity index (χ0v) is 15.4. The zero-order chi connectivity index (χ0) is 16.7. The number of nitrogens with two attached hydrogens (primary N) is 1. The number of carbonyl (C=O) groups excluding carboxylic acids is 1. The molecule has 0 saturated carbocycles. The maximum absolute atomic E-state index is 10.9. The van der Waals surface area contributed by atoms with Gasteiger partial charge in [-0.3, -0.25) is 4.79 Å². The molecular weight excluding hydrogens is 318 g/mol. The Morgan fingerprint density at radius 2 is 1.95 bits per heavy atom. The molecule has 1 aliphatic heterocycles. The summed E-state index contributed by atoms with van der Waals surface area (Å²) in [6, 6.07) is 3.64. The van der Waals surface area contributed by atoms with Crippen molar-refractivity contribution in [1.29, 1.82) is 0 Å². The second-order valence-corrected chi connectivity index (χ2v) is 6.93. The third kappa shape index (κ3) is 5.07. The van der Waals surface area contributed by atoms with Gasteiger partial charge in [0, 0.05) is 17.2 Å². The van der Waals surface area contributed by atoms with Gasteiger partial charge in [-0.05, 0) is 45.1 Å². The van der Waals surface area contributed by atoms with Crippen molar-refractivity contribution in [2.45, 2.75) is 36.8 Å². The predicted octanol–water partition coefficient (Wildman–Crippen LogP) is 3.73. The number of nitrogens with zero attached hydrogens (tertiary/aromatic N) is 2. The summed E-state index contributed by atoms with van der Waals surface area (Å²) in [7, 11) is 3.84. The smallest absolute Gasteiger partial charge is 0.213 e. The van der Waals surface area contributed by atoms with Gasteiger partial charge >= 0.3 is 0 Å². The van der Waals surface area contributed by atoms with Crippen LogP contribution in [0.5, 0.6) is 0 Å². The van der Waals surface area contributed by atoms with E-state index >= 15 is 0 Å². The van der Waals surface area contributed by atoms with E-state index in [0.717, 1.165) is 37.2 Å². The van der Waals surface area contributed by atoms with Gasteiger partial charge in [0.15, 0.2) is 0 Å². The lowest BCUT2D eigenvalue weighted by Gasteiger charge is -2.29. The normalized spacial score (nSPS) is 15.9. The summed E-state index contributed by atoms with van der Waals surface area (Å²) < 4.78 is 0. The predicted molar refractivity (Wildman–Crippen MR) is 98.1 cm³/mol. The summed E-state index contributed by atoms with van der Waals surface area (Å²) >= 11 is 8.07. The number of amides is 1. The van der Waals surface area contributed by atoms with E-state index in [1.54, 1.807) is 24.9 Å². The van der Waals surface area contributed by atoms with Crippen molar-refractivity contribution in [3.05, 3.63) is 17.2 Å². The van der Waals surface area contributed by atoms with Gasteiger partial charge in [-0.25, -0.2) is 0 Å². The van der Waals surface area contributed by atoms with E-state index in [1.165, 1.54) is 4.90 Å². The molecule has 4 nitrogen and oxygen atoms in total. The highest BCUT2D eigenvalue weighted by atomic mass is 35.5. The molecule has 0 bridgehead atoms. The highest BCUT2D eigenvalue weighted by Gasteiger charge is 2.20. The van der Waals surface area contributed by atoms with Crippen molar-refractivity contribution in [2.75, 3.05) is 37.8 Å². The molecular formula is C16H26ClN3OS. The minimum atomic E-state index is 0.525.